The van der Waals surface area contributed by atoms with E-state index in [1.807, 2.05) is 30.3 Å². The number of benzene rings is 1. The van der Waals surface area contributed by atoms with E-state index in [1.54, 1.807) is 14.0 Å². The van der Waals surface area contributed by atoms with Crippen LogP contribution in [-0.2, 0) is 6.54 Å². The van der Waals surface area contributed by atoms with Gasteiger partial charge in [0.25, 0.3) is 17.4 Å². The molecule has 7 heteroatoms. The van der Waals surface area contributed by atoms with Gasteiger partial charge in [0, 0.05) is 26.3 Å². The van der Waals surface area contributed by atoms with Crippen molar-refractivity contribution in [2.45, 2.75) is 19.6 Å². The van der Waals surface area contributed by atoms with Crippen molar-refractivity contribution < 1.29 is 14.7 Å². The van der Waals surface area contributed by atoms with E-state index >= 15 is 0 Å². The molecular weight excluding hydrogens is 322 g/mol. The Hall–Kier alpha value is -2.93. The van der Waals surface area contributed by atoms with Gasteiger partial charge in [-0.3, -0.25) is 14.4 Å². The van der Waals surface area contributed by atoms with Crippen LogP contribution in [0.4, 0.5) is 0 Å². The summed E-state index contributed by atoms with van der Waals surface area (Å²) in [5.41, 5.74) is 0.414. The lowest BCUT2D eigenvalue weighted by Gasteiger charge is -2.17. The third kappa shape index (κ3) is 5.02. The Morgan fingerprint density at radius 1 is 1.28 bits per heavy atom. The first-order valence-corrected chi connectivity index (χ1v) is 7.87. The van der Waals surface area contributed by atoms with Crippen molar-refractivity contribution in [2.75, 3.05) is 13.6 Å². The average molecular weight is 343 g/mol. The minimum Gasteiger partial charge on any atom is -0.392 e. The van der Waals surface area contributed by atoms with Gasteiger partial charge in [-0.15, -0.1) is 0 Å². The number of aromatic amines is 1. The molecule has 1 unspecified atom stereocenters. The summed E-state index contributed by atoms with van der Waals surface area (Å²) in [4.78, 5) is 40.4. The number of carbonyl (C=O) groups is 2. The highest BCUT2D eigenvalue weighted by atomic mass is 16.3. The molecule has 2 amide bonds. The quantitative estimate of drug-likeness (QED) is 0.720. The Balaban J connectivity index is 2.17. The number of rotatable bonds is 6. The van der Waals surface area contributed by atoms with Crippen molar-refractivity contribution in [3.05, 3.63) is 69.6 Å². The number of aromatic nitrogens is 1. The Labute approximate surface area is 145 Å². The number of hydrogen-bond donors (Lipinski definition) is 3. The molecule has 0 aliphatic carbocycles. The van der Waals surface area contributed by atoms with Crippen LogP contribution in [-0.4, -0.2) is 46.5 Å². The number of hydrogen-bond acceptors (Lipinski definition) is 4. The van der Waals surface area contributed by atoms with Crippen molar-refractivity contribution in [3.8, 4) is 0 Å². The van der Waals surface area contributed by atoms with Gasteiger partial charge in [-0.1, -0.05) is 30.3 Å². The van der Waals surface area contributed by atoms with E-state index in [2.05, 4.69) is 10.3 Å². The van der Waals surface area contributed by atoms with Crippen molar-refractivity contribution in [1.82, 2.24) is 15.2 Å². The second-order valence-electron chi connectivity index (χ2n) is 5.84. The number of pyridine rings is 1. The molecule has 132 valence electrons. The van der Waals surface area contributed by atoms with Crippen LogP contribution in [0.2, 0.25) is 0 Å². The number of nitrogens with one attached hydrogen (secondary N) is 2. The highest BCUT2D eigenvalue weighted by Gasteiger charge is 2.18. The van der Waals surface area contributed by atoms with Gasteiger partial charge in [-0.2, -0.15) is 0 Å². The molecule has 0 aliphatic rings. The monoisotopic (exact) mass is 343 g/mol. The van der Waals surface area contributed by atoms with Gasteiger partial charge in [0.05, 0.1) is 11.7 Å². The van der Waals surface area contributed by atoms with Gasteiger partial charge in [0.15, 0.2) is 0 Å². The number of amides is 2. The summed E-state index contributed by atoms with van der Waals surface area (Å²) in [6.45, 7) is 1.97. The number of H-pyrrole nitrogens is 1. The first kappa shape index (κ1) is 18.4. The van der Waals surface area contributed by atoms with Crippen LogP contribution in [0, 0.1) is 0 Å². The first-order chi connectivity index (χ1) is 11.9. The predicted molar refractivity (Wildman–Crippen MR) is 93.3 cm³/mol. The Bertz CT molecular complexity index is 799. The Morgan fingerprint density at radius 3 is 2.60 bits per heavy atom. The summed E-state index contributed by atoms with van der Waals surface area (Å²) < 4.78 is 0. The molecule has 0 aliphatic heterocycles. The summed E-state index contributed by atoms with van der Waals surface area (Å²) in [7, 11) is 1.59. The molecule has 1 aromatic heterocycles. The highest BCUT2D eigenvalue weighted by molar-refractivity contribution is 5.99. The number of aliphatic hydroxyl groups is 1. The molecule has 2 aromatic rings. The topological polar surface area (TPSA) is 102 Å². The van der Waals surface area contributed by atoms with Crippen LogP contribution < -0.4 is 10.9 Å². The van der Waals surface area contributed by atoms with Crippen LogP contribution >= 0.6 is 0 Å². The molecular formula is C18H21N3O4. The highest BCUT2D eigenvalue weighted by Crippen LogP contribution is 2.07. The molecule has 7 nitrogen and oxygen atoms in total. The van der Waals surface area contributed by atoms with Crippen LogP contribution in [0.15, 0.2) is 47.4 Å². The standard InChI is InChI=1S/C18H21N3O4/c1-12(22)9-19-16(23)14-8-15(17(24)20-10-14)18(25)21(2)11-13-6-4-3-5-7-13/h3-8,10,12,22H,9,11H2,1-2H3,(H,19,23)(H,20,24). The van der Waals surface area contributed by atoms with Crippen LogP contribution in [0.5, 0.6) is 0 Å². The maximum atomic E-state index is 12.5. The lowest BCUT2D eigenvalue weighted by atomic mass is 10.1. The van der Waals surface area contributed by atoms with Crippen molar-refractivity contribution in [2.24, 2.45) is 0 Å². The van der Waals surface area contributed by atoms with E-state index in [0.717, 1.165) is 5.56 Å². The molecule has 0 radical (unpaired) electrons. The fourth-order valence-corrected chi connectivity index (χ4v) is 2.25. The summed E-state index contributed by atoms with van der Waals surface area (Å²) in [6, 6.07) is 10.6. The third-order valence-electron chi connectivity index (χ3n) is 3.56. The molecule has 1 atom stereocenters. The maximum absolute atomic E-state index is 12.5. The zero-order chi connectivity index (χ0) is 18.4. The zero-order valence-electron chi connectivity index (χ0n) is 14.2. The van der Waals surface area contributed by atoms with Crippen LogP contribution in [0.25, 0.3) is 0 Å². The third-order valence-corrected chi connectivity index (χ3v) is 3.56. The number of carbonyl (C=O) groups excluding carboxylic acids is 2. The Kier molecular flexibility index (Phi) is 6.08. The molecule has 0 bridgehead atoms. The van der Waals surface area contributed by atoms with Crippen molar-refractivity contribution >= 4 is 11.8 Å². The summed E-state index contributed by atoms with van der Waals surface area (Å²) in [5, 5.41) is 11.7. The van der Waals surface area contributed by atoms with Gasteiger partial charge in [0.2, 0.25) is 0 Å². The maximum Gasteiger partial charge on any atom is 0.260 e. The smallest absolute Gasteiger partial charge is 0.260 e. The molecule has 25 heavy (non-hydrogen) atoms. The molecule has 3 N–H and O–H groups in total. The molecule has 0 saturated heterocycles. The van der Waals surface area contributed by atoms with Crippen molar-refractivity contribution in [1.29, 1.82) is 0 Å². The van der Waals surface area contributed by atoms with E-state index in [4.69, 9.17) is 0 Å². The van der Waals surface area contributed by atoms with Crippen molar-refractivity contribution in [3.63, 3.8) is 0 Å². The molecule has 2 rings (SSSR count). The fraction of sp³-hybridized carbons (Fsp3) is 0.278. The lowest BCUT2D eigenvalue weighted by Crippen LogP contribution is -2.34. The molecule has 1 aromatic carbocycles. The first-order valence-electron chi connectivity index (χ1n) is 7.87. The second-order valence-corrected chi connectivity index (χ2v) is 5.84. The fourth-order valence-electron chi connectivity index (χ4n) is 2.25. The average Bonchev–Trinajstić information content (AvgIpc) is 2.60. The van der Waals surface area contributed by atoms with E-state index in [9.17, 15) is 19.5 Å². The van der Waals surface area contributed by atoms with E-state index in [-0.39, 0.29) is 17.7 Å². The molecule has 0 fully saturated rings. The minimum atomic E-state index is -0.690. The normalized spacial score (nSPS) is 11.6. The second kappa shape index (κ2) is 8.25. The SMILES string of the molecule is CC(O)CNC(=O)c1c[nH]c(=O)c(C(=O)N(C)Cc2ccccc2)c1. The predicted octanol–water partition coefficient (Wildman–Crippen LogP) is 0.758. The molecule has 0 saturated carbocycles. The molecule has 1 heterocycles. The van der Waals surface area contributed by atoms with Gasteiger partial charge in [-0.05, 0) is 18.6 Å². The van der Waals surface area contributed by atoms with E-state index in [1.165, 1.54) is 17.2 Å². The zero-order valence-corrected chi connectivity index (χ0v) is 14.2. The number of nitrogens with zero attached hydrogens (tertiary/aromatic N) is 1. The molecule has 0 spiro atoms. The van der Waals surface area contributed by atoms with E-state index in [0.29, 0.717) is 6.54 Å². The van der Waals surface area contributed by atoms with Gasteiger partial charge in [0.1, 0.15) is 5.56 Å². The van der Waals surface area contributed by atoms with Crippen LogP contribution in [0.1, 0.15) is 33.2 Å². The summed E-state index contributed by atoms with van der Waals surface area (Å²) in [6.07, 6.45) is 0.554. The van der Waals surface area contributed by atoms with Gasteiger partial charge in [-0.25, -0.2) is 0 Å². The summed E-state index contributed by atoms with van der Waals surface area (Å²) >= 11 is 0. The number of aliphatic hydroxyl groups excluding tert-OH is 1. The van der Waals surface area contributed by atoms with Crippen LogP contribution in [0.3, 0.4) is 0 Å². The summed E-state index contributed by atoms with van der Waals surface area (Å²) in [5.74, 6) is -0.952. The van der Waals surface area contributed by atoms with E-state index < -0.39 is 23.5 Å². The van der Waals surface area contributed by atoms with Gasteiger partial charge < -0.3 is 20.3 Å². The minimum absolute atomic E-state index is 0.0785. The largest absolute Gasteiger partial charge is 0.392 e. The lowest BCUT2D eigenvalue weighted by molar-refractivity contribution is 0.0783. The van der Waals surface area contributed by atoms with Gasteiger partial charge >= 0.3 is 0 Å². The Morgan fingerprint density at radius 2 is 1.96 bits per heavy atom.